The summed E-state index contributed by atoms with van der Waals surface area (Å²) in [6.45, 7) is 4.18. The molecule has 0 aromatic heterocycles. The Morgan fingerprint density at radius 2 is 2.27 bits per heavy atom. The monoisotopic (exact) mass is 210 g/mol. The molecular weight excluding hydrogens is 188 g/mol. The Hall–Kier alpha value is -0.570. The maximum atomic E-state index is 12.4. The maximum absolute atomic E-state index is 12.4. The van der Waals surface area contributed by atoms with Crippen molar-refractivity contribution >= 4 is 5.91 Å². The van der Waals surface area contributed by atoms with Crippen LogP contribution in [0.15, 0.2) is 0 Å². The minimum absolute atomic E-state index is 0.0112. The van der Waals surface area contributed by atoms with Crippen LogP contribution in [0.3, 0.4) is 0 Å². The Morgan fingerprint density at radius 1 is 1.53 bits per heavy atom. The van der Waals surface area contributed by atoms with Gasteiger partial charge in [-0.05, 0) is 32.2 Å². The van der Waals surface area contributed by atoms with E-state index in [9.17, 15) is 4.79 Å². The normalized spacial score (nSPS) is 28.5. The summed E-state index contributed by atoms with van der Waals surface area (Å²) in [5.74, 6) is 0.393. The Morgan fingerprint density at radius 3 is 2.67 bits per heavy atom. The zero-order chi connectivity index (χ0) is 10.9. The van der Waals surface area contributed by atoms with Gasteiger partial charge in [-0.2, -0.15) is 0 Å². The van der Waals surface area contributed by atoms with E-state index in [-0.39, 0.29) is 5.41 Å². The first-order valence-corrected chi connectivity index (χ1v) is 6.17. The van der Waals surface area contributed by atoms with Crippen LogP contribution in [0, 0.1) is 5.41 Å². The highest BCUT2D eigenvalue weighted by Crippen LogP contribution is 2.45. The molecule has 1 aliphatic heterocycles. The molecule has 0 spiro atoms. The lowest BCUT2D eigenvalue weighted by atomic mass is 9.66. The largest absolute Gasteiger partial charge is 0.341 e. The third kappa shape index (κ3) is 1.78. The molecule has 2 fully saturated rings. The molecule has 1 unspecified atom stereocenters. The van der Waals surface area contributed by atoms with Crippen molar-refractivity contribution in [1.29, 1.82) is 0 Å². The lowest BCUT2D eigenvalue weighted by molar-refractivity contribution is -0.148. The highest BCUT2D eigenvalue weighted by atomic mass is 16.2. The average Bonchev–Trinajstić information content (AvgIpc) is 2.68. The Bertz CT molecular complexity index is 236. The minimum atomic E-state index is 0.0112. The quantitative estimate of drug-likeness (QED) is 0.763. The molecule has 1 amide bonds. The molecule has 2 aliphatic rings. The molecule has 3 heteroatoms. The van der Waals surface area contributed by atoms with E-state index in [0.717, 1.165) is 38.8 Å². The van der Waals surface area contributed by atoms with Gasteiger partial charge in [0.2, 0.25) is 5.91 Å². The third-order valence-corrected chi connectivity index (χ3v) is 4.34. The topological polar surface area (TPSA) is 32.3 Å². The second-order valence-corrected chi connectivity index (χ2v) is 5.05. The van der Waals surface area contributed by atoms with Crippen molar-refractivity contribution in [3.63, 3.8) is 0 Å². The van der Waals surface area contributed by atoms with Crippen molar-refractivity contribution < 1.29 is 4.79 Å². The SMILES string of the molecule is CCC1(C(=O)N(C)C2CCNC2)CCC1. The van der Waals surface area contributed by atoms with Gasteiger partial charge >= 0.3 is 0 Å². The molecule has 1 atom stereocenters. The summed E-state index contributed by atoms with van der Waals surface area (Å²) in [5.41, 5.74) is 0.0112. The van der Waals surface area contributed by atoms with E-state index >= 15 is 0 Å². The number of amides is 1. The van der Waals surface area contributed by atoms with Crippen LogP contribution in [0.25, 0.3) is 0 Å². The summed E-state index contributed by atoms with van der Waals surface area (Å²) in [6, 6.07) is 0.432. The van der Waals surface area contributed by atoms with E-state index in [1.807, 2.05) is 11.9 Å². The fourth-order valence-corrected chi connectivity index (χ4v) is 2.83. The summed E-state index contributed by atoms with van der Waals surface area (Å²) < 4.78 is 0. The van der Waals surface area contributed by atoms with E-state index in [2.05, 4.69) is 12.2 Å². The molecule has 0 aromatic rings. The van der Waals surface area contributed by atoms with Crippen LogP contribution < -0.4 is 5.32 Å². The van der Waals surface area contributed by atoms with Gasteiger partial charge in [-0.25, -0.2) is 0 Å². The number of nitrogens with zero attached hydrogens (tertiary/aromatic N) is 1. The number of carbonyl (C=O) groups is 1. The van der Waals surface area contributed by atoms with Gasteiger partial charge in [0.1, 0.15) is 0 Å². The molecular formula is C12H22N2O. The van der Waals surface area contributed by atoms with E-state index in [1.54, 1.807) is 0 Å². The van der Waals surface area contributed by atoms with Gasteiger partial charge in [0, 0.05) is 25.0 Å². The van der Waals surface area contributed by atoms with Crippen molar-refractivity contribution in [2.45, 2.75) is 45.1 Å². The summed E-state index contributed by atoms with van der Waals surface area (Å²) >= 11 is 0. The lowest BCUT2D eigenvalue weighted by Crippen LogP contribution is -2.50. The Balaban J connectivity index is 1.99. The second-order valence-electron chi connectivity index (χ2n) is 5.05. The Kier molecular flexibility index (Phi) is 3.01. The molecule has 1 saturated carbocycles. The van der Waals surface area contributed by atoms with Gasteiger partial charge in [-0.1, -0.05) is 13.3 Å². The molecule has 1 saturated heterocycles. The molecule has 0 radical (unpaired) electrons. The molecule has 2 rings (SSSR count). The summed E-state index contributed by atoms with van der Waals surface area (Å²) in [4.78, 5) is 14.4. The lowest BCUT2D eigenvalue weighted by Gasteiger charge is -2.43. The zero-order valence-corrected chi connectivity index (χ0v) is 9.88. The number of rotatable bonds is 3. The van der Waals surface area contributed by atoms with Crippen LogP contribution in [0.1, 0.15) is 39.0 Å². The molecule has 0 aromatic carbocycles. The predicted octanol–water partition coefficient (Wildman–Crippen LogP) is 1.39. The molecule has 1 N–H and O–H groups in total. The molecule has 1 aliphatic carbocycles. The van der Waals surface area contributed by atoms with Crippen LogP contribution in [0.4, 0.5) is 0 Å². The van der Waals surface area contributed by atoms with E-state index in [4.69, 9.17) is 0 Å². The maximum Gasteiger partial charge on any atom is 0.228 e. The fourth-order valence-electron chi connectivity index (χ4n) is 2.83. The number of likely N-dealkylation sites (N-methyl/N-ethyl adjacent to an activating group) is 1. The van der Waals surface area contributed by atoms with Gasteiger partial charge in [0.15, 0.2) is 0 Å². The average molecular weight is 210 g/mol. The molecule has 15 heavy (non-hydrogen) atoms. The highest BCUT2D eigenvalue weighted by Gasteiger charge is 2.45. The third-order valence-electron chi connectivity index (χ3n) is 4.34. The summed E-state index contributed by atoms with van der Waals surface area (Å²) in [7, 11) is 1.98. The molecule has 1 heterocycles. The van der Waals surface area contributed by atoms with Crippen LogP contribution in [0.5, 0.6) is 0 Å². The van der Waals surface area contributed by atoms with E-state index in [0.29, 0.717) is 11.9 Å². The number of hydrogen-bond acceptors (Lipinski definition) is 2. The van der Waals surface area contributed by atoms with Crippen LogP contribution in [0.2, 0.25) is 0 Å². The minimum Gasteiger partial charge on any atom is -0.341 e. The van der Waals surface area contributed by atoms with Gasteiger partial charge in [-0.15, -0.1) is 0 Å². The van der Waals surface area contributed by atoms with Gasteiger partial charge < -0.3 is 10.2 Å². The first kappa shape index (κ1) is 10.9. The first-order chi connectivity index (χ1) is 7.19. The number of nitrogens with one attached hydrogen (secondary N) is 1. The van der Waals surface area contributed by atoms with Gasteiger partial charge in [0.25, 0.3) is 0 Å². The molecule has 86 valence electrons. The summed E-state index contributed by atoms with van der Waals surface area (Å²) in [5, 5.41) is 3.32. The van der Waals surface area contributed by atoms with E-state index in [1.165, 1.54) is 6.42 Å². The van der Waals surface area contributed by atoms with Crippen molar-refractivity contribution in [2.75, 3.05) is 20.1 Å². The van der Waals surface area contributed by atoms with Crippen molar-refractivity contribution in [3.8, 4) is 0 Å². The fraction of sp³-hybridized carbons (Fsp3) is 0.917. The van der Waals surface area contributed by atoms with Crippen LogP contribution in [-0.4, -0.2) is 37.0 Å². The van der Waals surface area contributed by atoms with Crippen LogP contribution in [-0.2, 0) is 4.79 Å². The van der Waals surface area contributed by atoms with Gasteiger partial charge in [0.05, 0.1) is 0 Å². The zero-order valence-electron chi connectivity index (χ0n) is 9.88. The highest BCUT2D eigenvalue weighted by molar-refractivity contribution is 5.83. The standard InChI is InChI=1S/C12H22N2O/c1-3-12(6-4-7-12)11(15)14(2)10-5-8-13-9-10/h10,13H,3-9H2,1-2H3. The summed E-state index contributed by atoms with van der Waals surface area (Å²) in [6.07, 6.45) is 5.56. The van der Waals surface area contributed by atoms with Crippen molar-refractivity contribution in [1.82, 2.24) is 10.2 Å². The molecule has 3 nitrogen and oxygen atoms in total. The Labute approximate surface area is 92.2 Å². The van der Waals surface area contributed by atoms with Gasteiger partial charge in [-0.3, -0.25) is 4.79 Å². The first-order valence-electron chi connectivity index (χ1n) is 6.17. The number of hydrogen-bond donors (Lipinski definition) is 1. The van der Waals surface area contributed by atoms with E-state index < -0.39 is 0 Å². The van der Waals surface area contributed by atoms with Crippen molar-refractivity contribution in [2.24, 2.45) is 5.41 Å². The second kappa shape index (κ2) is 4.12. The smallest absolute Gasteiger partial charge is 0.228 e. The van der Waals surface area contributed by atoms with Crippen molar-refractivity contribution in [3.05, 3.63) is 0 Å². The predicted molar refractivity (Wildman–Crippen MR) is 60.6 cm³/mol. The number of carbonyl (C=O) groups excluding carboxylic acids is 1. The van der Waals surface area contributed by atoms with Crippen LogP contribution >= 0.6 is 0 Å². The molecule has 0 bridgehead atoms.